The fourth-order valence-electron chi connectivity index (χ4n) is 4.09. The van der Waals surface area contributed by atoms with Gasteiger partial charge in [0.05, 0.1) is 19.0 Å². The van der Waals surface area contributed by atoms with Crippen LogP contribution in [0.3, 0.4) is 0 Å². The molecule has 180 valence electrons. The molecular formula is C27H21ClN4O3S. The minimum absolute atomic E-state index is 0.0522. The summed E-state index contributed by atoms with van der Waals surface area (Å²) in [6.07, 6.45) is 0.0522. The van der Waals surface area contributed by atoms with Gasteiger partial charge in [0.2, 0.25) is 11.0 Å². The lowest BCUT2D eigenvalue weighted by molar-refractivity contribution is -0.115. The average molecular weight is 517 g/mol. The van der Waals surface area contributed by atoms with Gasteiger partial charge in [-0.3, -0.25) is 14.2 Å². The maximum atomic E-state index is 13.4. The summed E-state index contributed by atoms with van der Waals surface area (Å²) in [5, 5.41) is 13.6. The molecule has 0 spiro atoms. The predicted molar refractivity (Wildman–Crippen MR) is 142 cm³/mol. The zero-order valence-electron chi connectivity index (χ0n) is 19.5. The van der Waals surface area contributed by atoms with E-state index in [1.165, 1.54) is 11.3 Å². The molecule has 2 heterocycles. The van der Waals surface area contributed by atoms with Crippen molar-refractivity contribution >= 4 is 50.8 Å². The van der Waals surface area contributed by atoms with Gasteiger partial charge < -0.3 is 10.1 Å². The van der Waals surface area contributed by atoms with Gasteiger partial charge in [0.25, 0.3) is 5.91 Å². The number of nitrogens with one attached hydrogen (secondary N) is 1. The molecule has 0 saturated carbocycles. The molecule has 2 aromatic heterocycles. The molecule has 1 N–H and O–H groups in total. The van der Waals surface area contributed by atoms with Crippen LogP contribution >= 0.6 is 22.9 Å². The number of carbonyl (C=O) groups is 2. The molecule has 0 radical (unpaired) electrons. The number of methoxy groups -OCH3 is 1. The number of aromatic nitrogens is 3. The highest BCUT2D eigenvalue weighted by Crippen LogP contribution is 2.31. The second-order valence-electron chi connectivity index (χ2n) is 8.10. The number of halogens is 1. The Morgan fingerprint density at radius 3 is 2.50 bits per heavy atom. The molecule has 5 aromatic rings. The van der Waals surface area contributed by atoms with E-state index in [0.29, 0.717) is 32.7 Å². The van der Waals surface area contributed by atoms with Crippen LogP contribution in [0.5, 0.6) is 5.75 Å². The second kappa shape index (κ2) is 9.93. The normalized spacial score (nSPS) is 11.0. The monoisotopic (exact) mass is 516 g/mol. The molecule has 0 aliphatic carbocycles. The zero-order chi connectivity index (χ0) is 25.2. The number of carbonyl (C=O) groups excluding carboxylic acids is 2. The molecule has 0 unspecified atom stereocenters. The molecule has 1 amide bonds. The van der Waals surface area contributed by atoms with Crippen LogP contribution in [0, 0.1) is 6.92 Å². The van der Waals surface area contributed by atoms with Crippen molar-refractivity contribution in [2.45, 2.75) is 13.3 Å². The van der Waals surface area contributed by atoms with Gasteiger partial charge in [-0.05, 0) is 55.0 Å². The van der Waals surface area contributed by atoms with Crippen molar-refractivity contribution in [1.82, 2.24) is 14.8 Å². The summed E-state index contributed by atoms with van der Waals surface area (Å²) >= 11 is 7.30. The van der Waals surface area contributed by atoms with Gasteiger partial charge in [-0.1, -0.05) is 53.3 Å². The smallest absolute Gasteiger partial charge is 0.262 e. The number of fused-ring (bicyclic) bond motifs is 1. The Labute approximate surface area is 216 Å². The third kappa shape index (κ3) is 4.60. The Hall–Kier alpha value is -4.01. The minimum Gasteiger partial charge on any atom is -0.497 e. The Balaban J connectivity index is 1.47. The van der Waals surface area contributed by atoms with E-state index in [1.54, 1.807) is 42.0 Å². The number of amides is 1. The van der Waals surface area contributed by atoms with Crippen LogP contribution in [0.25, 0.3) is 21.5 Å². The Kier molecular flexibility index (Phi) is 6.54. The van der Waals surface area contributed by atoms with E-state index in [9.17, 15) is 9.59 Å². The molecule has 0 saturated heterocycles. The van der Waals surface area contributed by atoms with Crippen LogP contribution in [-0.4, -0.2) is 33.7 Å². The summed E-state index contributed by atoms with van der Waals surface area (Å²) in [6.45, 7) is 1.83. The number of hydrogen-bond donors (Lipinski definition) is 1. The van der Waals surface area contributed by atoms with E-state index in [4.69, 9.17) is 16.3 Å². The summed E-state index contributed by atoms with van der Waals surface area (Å²) in [5.74, 6) is 0.175. The van der Waals surface area contributed by atoms with Crippen LogP contribution in [-0.2, 0) is 11.2 Å². The number of anilines is 1. The van der Waals surface area contributed by atoms with E-state index in [0.717, 1.165) is 21.5 Å². The van der Waals surface area contributed by atoms with Crippen molar-refractivity contribution in [2.75, 3.05) is 12.4 Å². The highest BCUT2D eigenvalue weighted by Gasteiger charge is 2.22. The van der Waals surface area contributed by atoms with E-state index in [2.05, 4.69) is 15.5 Å². The first kappa shape index (κ1) is 23.7. The molecule has 9 heteroatoms. The third-order valence-corrected chi connectivity index (χ3v) is 7.01. The molecule has 0 bridgehead atoms. The molecule has 7 nitrogen and oxygen atoms in total. The molecule has 0 fully saturated rings. The van der Waals surface area contributed by atoms with Crippen molar-refractivity contribution < 1.29 is 14.3 Å². The van der Waals surface area contributed by atoms with Gasteiger partial charge in [-0.25, -0.2) is 0 Å². The maximum Gasteiger partial charge on any atom is 0.262 e. The van der Waals surface area contributed by atoms with Gasteiger partial charge in [-0.15, -0.1) is 10.2 Å². The van der Waals surface area contributed by atoms with Crippen LogP contribution in [0.1, 0.15) is 21.6 Å². The summed E-state index contributed by atoms with van der Waals surface area (Å²) in [6, 6.07) is 21.9. The van der Waals surface area contributed by atoms with E-state index in [-0.39, 0.29) is 18.2 Å². The third-order valence-electron chi connectivity index (χ3n) is 5.87. The minimum atomic E-state index is -0.255. The average Bonchev–Trinajstić information content (AvgIpc) is 3.46. The van der Waals surface area contributed by atoms with Crippen LogP contribution in [0.2, 0.25) is 5.02 Å². The largest absolute Gasteiger partial charge is 0.497 e. The summed E-state index contributed by atoms with van der Waals surface area (Å²) in [4.78, 5) is 26.5. The van der Waals surface area contributed by atoms with Crippen molar-refractivity contribution in [3.8, 4) is 16.3 Å². The fourth-order valence-corrected chi connectivity index (χ4v) is 4.98. The second-order valence-corrected chi connectivity index (χ2v) is 9.51. The van der Waals surface area contributed by atoms with Gasteiger partial charge in [0.15, 0.2) is 0 Å². The quantitative estimate of drug-likeness (QED) is 0.299. The Morgan fingerprint density at radius 2 is 1.78 bits per heavy atom. The molecule has 3 aromatic carbocycles. The van der Waals surface area contributed by atoms with E-state index < -0.39 is 0 Å². The van der Waals surface area contributed by atoms with E-state index >= 15 is 0 Å². The van der Waals surface area contributed by atoms with Crippen molar-refractivity contribution in [2.24, 2.45) is 0 Å². The SMILES string of the molecule is COc1ccc2c(c1)c(CC(=O)Nc1nnc(-c3ccccc3)s1)c(C)n2C(=O)c1ccc(Cl)cc1. The van der Waals surface area contributed by atoms with Crippen molar-refractivity contribution in [1.29, 1.82) is 0 Å². The molecule has 0 atom stereocenters. The number of rotatable bonds is 6. The van der Waals surface area contributed by atoms with Gasteiger partial charge >= 0.3 is 0 Å². The van der Waals surface area contributed by atoms with Gasteiger partial charge in [-0.2, -0.15) is 0 Å². The lowest BCUT2D eigenvalue weighted by Crippen LogP contribution is -2.16. The molecular weight excluding hydrogens is 496 g/mol. The highest BCUT2D eigenvalue weighted by atomic mass is 35.5. The molecule has 0 aliphatic rings. The first-order valence-electron chi connectivity index (χ1n) is 11.1. The molecule has 36 heavy (non-hydrogen) atoms. The van der Waals surface area contributed by atoms with Crippen molar-refractivity contribution in [3.63, 3.8) is 0 Å². The van der Waals surface area contributed by atoms with Crippen LogP contribution in [0.15, 0.2) is 72.8 Å². The summed E-state index contributed by atoms with van der Waals surface area (Å²) in [7, 11) is 1.58. The number of hydrogen-bond acceptors (Lipinski definition) is 6. The molecule has 0 aliphatic heterocycles. The maximum absolute atomic E-state index is 13.4. The van der Waals surface area contributed by atoms with Crippen molar-refractivity contribution in [3.05, 3.63) is 94.6 Å². The fraction of sp³-hybridized carbons (Fsp3) is 0.111. The first-order chi connectivity index (χ1) is 17.4. The standard InChI is InChI=1S/C27H21ClN4O3S/c1-16-21(15-24(33)29-27-31-30-25(36-27)17-6-4-3-5-7-17)22-14-20(35-2)12-13-23(22)32(16)26(34)18-8-10-19(28)11-9-18/h3-14H,15H2,1-2H3,(H,29,31,33). The number of ether oxygens (including phenoxy) is 1. The summed E-state index contributed by atoms with van der Waals surface area (Å²) < 4.78 is 7.03. The van der Waals surface area contributed by atoms with Crippen LogP contribution < -0.4 is 10.1 Å². The van der Waals surface area contributed by atoms with Gasteiger partial charge in [0.1, 0.15) is 10.8 Å². The van der Waals surface area contributed by atoms with E-state index in [1.807, 2.05) is 49.4 Å². The summed E-state index contributed by atoms with van der Waals surface area (Å²) in [5.41, 5.74) is 3.53. The lowest BCUT2D eigenvalue weighted by Gasteiger charge is -2.08. The first-order valence-corrected chi connectivity index (χ1v) is 12.3. The predicted octanol–water partition coefficient (Wildman–Crippen LogP) is 6.00. The highest BCUT2D eigenvalue weighted by molar-refractivity contribution is 7.18. The zero-order valence-corrected chi connectivity index (χ0v) is 21.1. The van der Waals surface area contributed by atoms with Crippen LogP contribution in [0.4, 0.5) is 5.13 Å². The molecule has 5 rings (SSSR count). The Bertz CT molecular complexity index is 1580. The topological polar surface area (TPSA) is 86.1 Å². The number of nitrogens with zero attached hydrogens (tertiary/aromatic N) is 3. The number of benzene rings is 3. The Morgan fingerprint density at radius 1 is 1.03 bits per heavy atom. The lowest BCUT2D eigenvalue weighted by atomic mass is 10.1. The van der Waals surface area contributed by atoms with Gasteiger partial charge in [0, 0.05) is 27.2 Å².